The highest BCUT2D eigenvalue weighted by Gasteiger charge is 2.29. The number of nitrogens with zero attached hydrogens (tertiary/aromatic N) is 1. The Kier molecular flexibility index (Phi) is 7.54. The molecule has 1 amide bonds. The van der Waals surface area contributed by atoms with Crippen molar-refractivity contribution in [2.24, 2.45) is 0 Å². The SMILES string of the molecule is CCOc1ccc(NC(=O)COc2ccc(Cl)cc2S(=O)(=O)N2CCOCC2)cc1. The van der Waals surface area contributed by atoms with Crippen LogP contribution in [0.15, 0.2) is 47.4 Å². The first-order chi connectivity index (χ1) is 14.4. The topological polar surface area (TPSA) is 94.2 Å². The van der Waals surface area contributed by atoms with E-state index < -0.39 is 15.9 Å². The Bertz CT molecular complexity index is 975. The normalized spacial score (nSPS) is 14.9. The molecule has 1 saturated heterocycles. The average Bonchev–Trinajstić information content (AvgIpc) is 2.75. The van der Waals surface area contributed by atoms with Crippen LogP contribution in [-0.2, 0) is 19.6 Å². The van der Waals surface area contributed by atoms with Crippen molar-refractivity contribution >= 4 is 33.2 Å². The molecule has 0 spiro atoms. The van der Waals surface area contributed by atoms with Gasteiger partial charge in [-0.15, -0.1) is 0 Å². The monoisotopic (exact) mass is 454 g/mol. The molecule has 10 heteroatoms. The standard InChI is InChI=1S/C20H23ClN2O6S/c1-2-28-17-6-4-16(5-7-17)22-20(24)14-29-18-8-3-15(21)13-19(18)30(25,26)23-9-11-27-12-10-23/h3-8,13H,2,9-12,14H2,1H3,(H,22,24). The zero-order valence-corrected chi connectivity index (χ0v) is 18.0. The number of carbonyl (C=O) groups excluding carboxylic acids is 1. The van der Waals surface area contributed by atoms with E-state index in [-0.39, 0.29) is 35.4 Å². The Hall–Kier alpha value is -2.33. The molecule has 1 heterocycles. The second-order valence-electron chi connectivity index (χ2n) is 6.40. The van der Waals surface area contributed by atoms with E-state index in [9.17, 15) is 13.2 Å². The van der Waals surface area contributed by atoms with Gasteiger partial charge in [0.25, 0.3) is 5.91 Å². The molecule has 1 fully saturated rings. The largest absolute Gasteiger partial charge is 0.494 e. The van der Waals surface area contributed by atoms with Gasteiger partial charge in [-0.1, -0.05) is 11.6 Å². The van der Waals surface area contributed by atoms with Crippen molar-refractivity contribution in [3.05, 3.63) is 47.5 Å². The average molecular weight is 455 g/mol. The van der Waals surface area contributed by atoms with E-state index >= 15 is 0 Å². The van der Waals surface area contributed by atoms with Crippen LogP contribution in [0.5, 0.6) is 11.5 Å². The van der Waals surface area contributed by atoms with Crippen LogP contribution in [0.25, 0.3) is 0 Å². The first kappa shape index (κ1) is 22.4. The highest BCUT2D eigenvalue weighted by Crippen LogP contribution is 2.30. The summed E-state index contributed by atoms with van der Waals surface area (Å²) in [7, 11) is -3.83. The van der Waals surface area contributed by atoms with Crippen LogP contribution in [0, 0.1) is 0 Å². The quantitative estimate of drug-likeness (QED) is 0.659. The third-order valence-electron chi connectivity index (χ3n) is 4.30. The number of amides is 1. The number of halogens is 1. The zero-order valence-electron chi connectivity index (χ0n) is 16.5. The number of morpholine rings is 1. The predicted molar refractivity (Wildman–Crippen MR) is 113 cm³/mol. The van der Waals surface area contributed by atoms with Gasteiger partial charge in [0, 0.05) is 23.8 Å². The smallest absolute Gasteiger partial charge is 0.262 e. The number of anilines is 1. The minimum Gasteiger partial charge on any atom is -0.494 e. The molecular formula is C20H23ClN2O6S. The Labute approximate surface area is 180 Å². The summed E-state index contributed by atoms with van der Waals surface area (Å²) in [5.74, 6) is 0.336. The van der Waals surface area contributed by atoms with Crippen molar-refractivity contribution in [3.8, 4) is 11.5 Å². The van der Waals surface area contributed by atoms with Crippen LogP contribution in [-0.4, -0.2) is 58.1 Å². The van der Waals surface area contributed by atoms with E-state index in [4.69, 9.17) is 25.8 Å². The fraction of sp³-hybridized carbons (Fsp3) is 0.350. The minimum atomic E-state index is -3.83. The van der Waals surface area contributed by atoms with Crippen LogP contribution in [0.2, 0.25) is 5.02 Å². The summed E-state index contributed by atoms with van der Waals surface area (Å²) in [6.07, 6.45) is 0. The van der Waals surface area contributed by atoms with Gasteiger partial charge in [-0.25, -0.2) is 8.42 Å². The van der Waals surface area contributed by atoms with Gasteiger partial charge < -0.3 is 19.5 Å². The Morgan fingerprint density at radius 3 is 2.50 bits per heavy atom. The van der Waals surface area contributed by atoms with Crippen molar-refractivity contribution in [2.75, 3.05) is 44.8 Å². The van der Waals surface area contributed by atoms with E-state index in [1.54, 1.807) is 24.3 Å². The Morgan fingerprint density at radius 1 is 1.13 bits per heavy atom. The summed E-state index contributed by atoms with van der Waals surface area (Å²) in [5.41, 5.74) is 0.573. The van der Waals surface area contributed by atoms with Crippen molar-refractivity contribution in [3.63, 3.8) is 0 Å². The van der Waals surface area contributed by atoms with E-state index in [1.807, 2.05) is 6.92 Å². The number of ether oxygens (including phenoxy) is 3. The van der Waals surface area contributed by atoms with Gasteiger partial charge in [0.05, 0.1) is 19.8 Å². The molecule has 0 bridgehead atoms. The number of hydrogen-bond donors (Lipinski definition) is 1. The highest BCUT2D eigenvalue weighted by atomic mass is 35.5. The van der Waals surface area contributed by atoms with Crippen molar-refractivity contribution in [1.29, 1.82) is 0 Å². The van der Waals surface area contributed by atoms with Gasteiger partial charge in [0.15, 0.2) is 6.61 Å². The lowest BCUT2D eigenvalue weighted by molar-refractivity contribution is -0.118. The summed E-state index contributed by atoms with van der Waals surface area (Å²) < 4.78 is 43.4. The number of benzene rings is 2. The number of carbonyl (C=O) groups is 1. The van der Waals surface area contributed by atoms with E-state index in [0.717, 1.165) is 0 Å². The van der Waals surface area contributed by atoms with E-state index in [2.05, 4.69) is 5.32 Å². The molecule has 0 saturated carbocycles. The van der Waals surface area contributed by atoms with Gasteiger partial charge in [-0.3, -0.25) is 4.79 Å². The van der Waals surface area contributed by atoms with E-state index in [0.29, 0.717) is 31.3 Å². The lowest BCUT2D eigenvalue weighted by Gasteiger charge is -2.26. The lowest BCUT2D eigenvalue weighted by atomic mass is 10.3. The molecule has 1 N–H and O–H groups in total. The molecule has 3 rings (SSSR count). The fourth-order valence-corrected chi connectivity index (χ4v) is 4.67. The second kappa shape index (κ2) is 10.1. The molecule has 0 aliphatic carbocycles. The van der Waals surface area contributed by atoms with Crippen LogP contribution in [0.1, 0.15) is 6.92 Å². The molecule has 2 aromatic carbocycles. The summed E-state index contributed by atoms with van der Waals surface area (Å²) in [4.78, 5) is 12.2. The molecule has 0 radical (unpaired) electrons. The molecule has 2 aromatic rings. The number of nitrogens with one attached hydrogen (secondary N) is 1. The zero-order chi connectivity index (χ0) is 21.6. The molecule has 0 unspecified atom stereocenters. The summed E-state index contributed by atoms with van der Waals surface area (Å²) in [5, 5.41) is 2.95. The molecule has 30 heavy (non-hydrogen) atoms. The van der Waals surface area contributed by atoms with Gasteiger partial charge >= 0.3 is 0 Å². The second-order valence-corrected chi connectivity index (χ2v) is 8.74. The third-order valence-corrected chi connectivity index (χ3v) is 6.46. The molecule has 8 nitrogen and oxygen atoms in total. The van der Waals surface area contributed by atoms with Crippen molar-refractivity contribution < 1.29 is 27.4 Å². The number of sulfonamides is 1. The predicted octanol–water partition coefficient (Wildman–Crippen LogP) is 2.78. The number of hydrogen-bond acceptors (Lipinski definition) is 6. The molecule has 162 valence electrons. The summed E-state index contributed by atoms with van der Waals surface area (Å²) in [6.45, 7) is 3.20. The van der Waals surface area contributed by atoms with Gasteiger partial charge in [-0.05, 0) is 49.4 Å². The Morgan fingerprint density at radius 2 is 1.83 bits per heavy atom. The maximum atomic E-state index is 13.0. The highest BCUT2D eigenvalue weighted by molar-refractivity contribution is 7.89. The summed E-state index contributed by atoms with van der Waals surface area (Å²) in [6, 6.07) is 11.2. The summed E-state index contributed by atoms with van der Waals surface area (Å²) >= 11 is 6.01. The first-order valence-electron chi connectivity index (χ1n) is 9.43. The van der Waals surface area contributed by atoms with Gasteiger partial charge in [-0.2, -0.15) is 4.31 Å². The van der Waals surface area contributed by atoms with Crippen molar-refractivity contribution in [1.82, 2.24) is 4.31 Å². The fourth-order valence-electron chi connectivity index (χ4n) is 2.87. The lowest BCUT2D eigenvalue weighted by Crippen LogP contribution is -2.40. The molecule has 1 aliphatic rings. The maximum absolute atomic E-state index is 13.0. The van der Waals surface area contributed by atoms with Crippen LogP contribution in [0.4, 0.5) is 5.69 Å². The maximum Gasteiger partial charge on any atom is 0.262 e. The molecule has 0 atom stereocenters. The van der Waals surface area contributed by atoms with Gasteiger partial charge in [0.1, 0.15) is 16.4 Å². The Balaban J connectivity index is 1.68. The van der Waals surface area contributed by atoms with Crippen molar-refractivity contribution in [2.45, 2.75) is 11.8 Å². The molecular weight excluding hydrogens is 432 g/mol. The van der Waals surface area contributed by atoms with Crippen LogP contribution < -0.4 is 14.8 Å². The number of rotatable bonds is 8. The molecule has 0 aromatic heterocycles. The first-order valence-corrected chi connectivity index (χ1v) is 11.2. The third kappa shape index (κ3) is 5.63. The molecule has 1 aliphatic heterocycles. The minimum absolute atomic E-state index is 0.0627. The van der Waals surface area contributed by atoms with Crippen LogP contribution in [0.3, 0.4) is 0 Å². The van der Waals surface area contributed by atoms with E-state index in [1.165, 1.54) is 22.5 Å². The van der Waals surface area contributed by atoms with Crippen LogP contribution >= 0.6 is 11.6 Å². The van der Waals surface area contributed by atoms with Gasteiger partial charge in [0.2, 0.25) is 10.0 Å².